The smallest absolute Gasteiger partial charge is 0.243 e. The molecule has 0 bridgehead atoms. The largest absolute Gasteiger partial charge is 0.374 e. The molecule has 1 saturated heterocycles. The van der Waals surface area contributed by atoms with Crippen molar-refractivity contribution in [3.05, 3.63) is 35.3 Å². The molecule has 21 heavy (non-hydrogen) atoms. The van der Waals surface area contributed by atoms with Crippen LogP contribution in [0.5, 0.6) is 0 Å². The highest BCUT2D eigenvalue weighted by Crippen LogP contribution is 2.32. The Kier molecular flexibility index (Phi) is 3.92. The minimum atomic E-state index is -3.44. The van der Waals surface area contributed by atoms with Gasteiger partial charge in [-0.15, -0.1) is 10.2 Å². The van der Waals surface area contributed by atoms with Crippen LogP contribution < -0.4 is 5.73 Å². The Morgan fingerprint density at radius 2 is 2.00 bits per heavy atom. The molecule has 112 valence electrons. The molecule has 3 rings (SSSR count). The molecule has 0 radical (unpaired) electrons. The van der Waals surface area contributed by atoms with E-state index in [0.29, 0.717) is 23.1 Å². The second-order valence-electron chi connectivity index (χ2n) is 4.99. The summed E-state index contributed by atoms with van der Waals surface area (Å²) in [5.74, 6) is 0.0760. The Hall–Kier alpha value is -1.51. The van der Waals surface area contributed by atoms with Crippen molar-refractivity contribution in [2.45, 2.75) is 23.7 Å². The molecule has 1 aliphatic rings. The van der Waals surface area contributed by atoms with Crippen LogP contribution in [0.15, 0.2) is 35.2 Å². The summed E-state index contributed by atoms with van der Waals surface area (Å²) >= 11 is 1.34. The van der Waals surface area contributed by atoms with Crippen LogP contribution in [-0.2, 0) is 10.0 Å². The molecule has 2 heterocycles. The fourth-order valence-corrected chi connectivity index (χ4v) is 4.80. The van der Waals surface area contributed by atoms with Gasteiger partial charge in [-0.1, -0.05) is 29.5 Å². The van der Waals surface area contributed by atoms with E-state index < -0.39 is 10.0 Å². The van der Waals surface area contributed by atoms with Crippen molar-refractivity contribution in [1.29, 1.82) is 0 Å². The van der Waals surface area contributed by atoms with E-state index in [2.05, 4.69) is 10.2 Å². The van der Waals surface area contributed by atoms with E-state index in [0.717, 1.165) is 17.8 Å². The van der Waals surface area contributed by atoms with Gasteiger partial charge in [-0.25, -0.2) is 8.42 Å². The van der Waals surface area contributed by atoms with Crippen molar-refractivity contribution < 1.29 is 8.42 Å². The Bertz CT molecular complexity index is 715. The maximum atomic E-state index is 12.6. The molecule has 0 aliphatic carbocycles. The third-order valence-corrected chi connectivity index (χ3v) is 6.36. The first-order valence-corrected chi connectivity index (χ1v) is 8.97. The molecule has 8 heteroatoms. The molecular weight excluding hydrogens is 308 g/mol. The lowest BCUT2D eigenvalue weighted by Gasteiger charge is -2.30. The van der Waals surface area contributed by atoms with Gasteiger partial charge in [-0.05, 0) is 25.0 Å². The zero-order valence-corrected chi connectivity index (χ0v) is 13.0. The zero-order chi connectivity index (χ0) is 14.9. The van der Waals surface area contributed by atoms with E-state index in [-0.39, 0.29) is 5.92 Å². The summed E-state index contributed by atoms with van der Waals surface area (Å²) in [5.41, 5.74) is 5.61. The van der Waals surface area contributed by atoms with Gasteiger partial charge in [0.2, 0.25) is 15.2 Å². The molecule has 6 nitrogen and oxygen atoms in total. The third-order valence-electron chi connectivity index (χ3n) is 3.57. The lowest BCUT2D eigenvalue weighted by atomic mass is 10.0. The number of sulfonamides is 1. The van der Waals surface area contributed by atoms with Crippen LogP contribution >= 0.6 is 11.3 Å². The van der Waals surface area contributed by atoms with Crippen LogP contribution in [0.2, 0.25) is 0 Å². The van der Waals surface area contributed by atoms with Crippen LogP contribution in [-0.4, -0.2) is 36.0 Å². The summed E-state index contributed by atoms with van der Waals surface area (Å²) in [7, 11) is -3.44. The van der Waals surface area contributed by atoms with Crippen LogP contribution in [0.3, 0.4) is 0 Å². The minimum absolute atomic E-state index is 0.0760. The quantitative estimate of drug-likeness (QED) is 0.928. The van der Waals surface area contributed by atoms with Gasteiger partial charge in [-0.2, -0.15) is 4.31 Å². The van der Waals surface area contributed by atoms with Crippen molar-refractivity contribution >= 4 is 26.5 Å². The van der Waals surface area contributed by atoms with Gasteiger partial charge in [-0.3, -0.25) is 0 Å². The molecule has 1 fully saturated rings. The molecule has 0 saturated carbocycles. The Morgan fingerprint density at radius 1 is 1.24 bits per heavy atom. The Labute approximate surface area is 127 Å². The van der Waals surface area contributed by atoms with E-state index in [9.17, 15) is 8.42 Å². The molecule has 0 spiro atoms. The summed E-state index contributed by atoms with van der Waals surface area (Å²) in [6.07, 6.45) is 1.73. The molecule has 1 atom stereocenters. The Morgan fingerprint density at radius 3 is 2.67 bits per heavy atom. The first-order chi connectivity index (χ1) is 10.1. The lowest BCUT2D eigenvalue weighted by molar-refractivity contribution is 0.314. The number of rotatable bonds is 3. The zero-order valence-electron chi connectivity index (χ0n) is 11.3. The number of piperidine rings is 1. The average molecular weight is 324 g/mol. The van der Waals surface area contributed by atoms with Gasteiger partial charge in [0.25, 0.3) is 0 Å². The van der Waals surface area contributed by atoms with Gasteiger partial charge >= 0.3 is 0 Å². The molecule has 1 aromatic heterocycles. The SMILES string of the molecule is Nc1nnc(C2CCCN(S(=O)(=O)c3ccccc3)C2)s1. The van der Waals surface area contributed by atoms with E-state index in [1.807, 2.05) is 6.07 Å². The number of anilines is 1. The first kappa shape index (κ1) is 14.4. The van der Waals surface area contributed by atoms with E-state index in [1.165, 1.54) is 15.6 Å². The predicted molar refractivity (Wildman–Crippen MR) is 81.5 cm³/mol. The number of nitrogens with two attached hydrogens (primary N) is 1. The fraction of sp³-hybridized carbons (Fsp3) is 0.385. The summed E-state index contributed by atoms with van der Waals surface area (Å²) in [6.45, 7) is 0.980. The number of hydrogen-bond donors (Lipinski definition) is 1. The van der Waals surface area contributed by atoms with Crippen LogP contribution in [0.25, 0.3) is 0 Å². The second-order valence-corrected chi connectivity index (χ2v) is 7.97. The fourth-order valence-electron chi connectivity index (χ4n) is 2.52. The van der Waals surface area contributed by atoms with Crippen molar-refractivity contribution in [3.63, 3.8) is 0 Å². The number of aromatic nitrogens is 2. The Balaban J connectivity index is 1.83. The van der Waals surface area contributed by atoms with Crippen LogP contribution in [0.1, 0.15) is 23.8 Å². The van der Waals surface area contributed by atoms with E-state index in [4.69, 9.17) is 5.73 Å². The van der Waals surface area contributed by atoms with E-state index >= 15 is 0 Å². The lowest BCUT2D eigenvalue weighted by Crippen LogP contribution is -2.39. The maximum absolute atomic E-state index is 12.6. The summed E-state index contributed by atoms with van der Waals surface area (Å²) in [5, 5.41) is 9.11. The maximum Gasteiger partial charge on any atom is 0.243 e. The second kappa shape index (κ2) is 5.70. The number of nitrogens with zero attached hydrogens (tertiary/aromatic N) is 3. The molecule has 2 N–H and O–H groups in total. The molecule has 0 amide bonds. The number of benzene rings is 1. The molecule has 2 aromatic rings. The monoisotopic (exact) mass is 324 g/mol. The highest BCUT2D eigenvalue weighted by Gasteiger charge is 2.32. The van der Waals surface area contributed by atoms with E-state index in [1.54, 1.807) is 24.3 Å². The summed E-state index contributed by atoms with van der Waals surface area (Å²) in [6, 6.07) is 8.53. The summed E-state index contributed by atoms with van der Waals surface area (Å²) in [4.78, 5) is 0.336. The average Bonchev–Trinajstić information content (AvgIpc) is 2.95. The van der Waals surface area contributed by atoms with Crippen LogP contribution in [0, 0.1) is 0 Å². The normalized spacial score (nSPS) is 20.5. The predicted octanol–water partition coefficient (Wildman–Crippen LogP) is 1.69. The highest BCUT2D eigenvalue weighted by atomic mass is 32.2. The van der Waals surface area contributed by atoms with Gasteiger partial charge in [0.15, 0.2) is 0 Å². The van der Waals surface area contributed by atoms with Crippen molar-refractivity contribution in [2.24, 2.45) is 0 Å². The van der Waals surface area contributed by atoms with Crippen molar-refractivity contribution in [1.82, 2.24) is 14.5 Å². The van der Waals surface area contributed by atoms with Gasteiger partial charge in [0, 0.05) is 19.0 Å². The van der Waals surface area contributed by atoms with Gasteiger partial charge in [0.1, 0.15) is 5.01 Å². The first-order valence-electron chi connectivity index (χ1n) is 6.71. The molecule has 1 aromatic carbocycles. The topological polar surface area (TPSA) is 89.2 Å². The standard InChI is InChI=1S/C13H16N4O2S2/c14-13-16-15-12(20-13)10-5-4-8-17(9-10)21(18,19)11-6-2-1-3-7-11/h1-3,6-7,10H,4-5,8-9H2,(H2,14,16). The summed E-state index contributed by atoms with van der Waals surface area (Å²) < 4.78 is 26.8. The molecular formula is C13H16N4O2S2. The van der Waals surface area contributed by atoms with Crippen molar-refractivity contribution in [2.75, 3.05) is 18.8 Å². The van der Waals surface area contributed by atoms with Gasteiger partial charge < -0.3 is 5.73 Å². The number of hydrogen-bond acceptors (Lipinski definition) is 6. The highest BCUT2D eigenvalue weighted by molar-refractivity contribution is 7.89. The van der Waals surface area contributed by atoms with Crippen molar-refractivity contribution in [3.8, 4) is 0 Å². The third kappa shape index (κ3) is 2.92. The minimum Gasteiger partial charge on any atom is -0.374 e. The molecule has 1 aliphatic heterocycles. The van der Waals surface area contributed by atoms with Gasteiger partial charge in [0.05, 0.1) is 4.90 Å². The number of nitrogen functional groups attached to an aromatic ring is 1. The van der Waals surface area contributed by atoms with Crippen LogP contribution in [0.4, 0.5) is 5.13 Å². The molecule has 1 unspecified atom stereocenters.